The van der Waals surface area contributed by atoms with E-state index in [2.05, 4.69) is 0 Å². The zero-order valence-corrected chi connectivity index (χ0v) is 15.9. The van der Waals surface area contributed by atoms with Crippen molar-refractivity contribution in [1.82, 2.24) is 9.80 Å². The molecule has 2 aliphatic heterocycles. The summed E-state index contributed by atoms with van der Waals surface area (Å²) < 4.78 is 38.8. The third-order valence-electron chi connectivity index (χ3n) is 5.15. The molecule has 0 aliphatic carbocycles. The molecule has 3 rings (SSSR count). The first-order chi connectivity index (χ1) is 11.7. The molecule has 2 atom stereocenters. The van der Waals surface area contributed by atoms with Gasteiger partial charge in [-0.1, -0.05) is 24.6 Å². The summed E-state index contributed by atoms with van der Waals surface area (Å²) in [5.74, 6) is -0.413. The van der Waals surface area contributed by atoms with Crippen molar-refractivity contribution in [3.8, 4) is 0 Å². The Hall–Kier alpha value is -1.18. The molecule has 2 fully saturated rings. The highest BCUT2D eigenvalue weighted by Crippen LogP contribution is 2.31. The van der Waals surface area contributed by atoms with E-state index in [1.54, 1.807) is 30.9 Å². The lowest BCUT2D eigenvalue weighted by Gasteiger charge is -2.44. The number of benzene rings is 1. The van der Waals surface area contributed by atoms with Gasteiger partial charge in [-0.05, 0) is 18.6 Å². The summed E-state index contributed by atoms with van der Waals surface area (Å²) in [5, 5.41) is 0.340. The van der Waals surface area contributed by atoms with Crippen LogP contribution in [0.3, 0.4) is 0 Å². The van der Waals surface area contributed by atoms with Crippen molar-refractivity contribution in [2.75, 3.05) is 24.6 Å². The molecule has 0 unspecified atom stereocenters. The number of aryl methyl sites for hydroxylation is 1. The van der Waals surface area contributed by atoms with Gasteiger partial charge in [0.2, 0.25) is 5.91 Å². The Morgan fingerprint density at radius 3 is 2.64 bits per heavy atom. The monoisotopic (exact) mass is 388 g/mol. The van der Waals surface area contributed by atoms with Crippen LogP contribution in [0.1, 0.15) is 24.5 Å². The zero-order chi connectivity index (χ0) is 18.4. The average molecular weight is 389 g/mol. The van der Waals surface area contributed by atoms with Gasteiger partial charge in [0.1, 0.15) is 5.82 Å². The van der Waals surface area contributed by atoms with Gasteiger partial charge in [-0.15, -0.1) is 0 Å². The number of amides is 1. The molecule has 1 aromatic carbocycles. The molecule has 8 heteroatoms. The second-order valence-electron chi connectivity index (χ2n) is 6.78. The van der Waals surface area contributed by atoms with Crippen LogP contribution in [0, 0.1) is 12.7 Å². The smallest absolute Gasteiger partial charge is 0.222 e. The highest BCUT2D eigenvalue weighted by molar-refractivity contribution is 7.91. The molecular formula is C17H22ClFN2O3S. The maximum atomic E-state index is 14.5. The zero-order valence-electron chi connectivity index (χ0n) is 14.3. The highest BCUT2D eigenvalue weighted by atomic mass is 35.5. The molecule has 0 bridgehead atoms. The normalized spacial score (nSPS) is 25.8. The SMILES string of the molecule is CCC(=O)N1CCN(Cc2c(Cl)ccc(C)c2F)[C@H]2CS(=O)(=O)C[C@H]21. The van der Waals surface area contributed by atoms with Crippen LogP contribution < -0.4 is 0 Å². The Bertz CT molecular complexity index is 799. The Balaban J connectivity index is 1.89. The van der Waals surface area contributed by atoms with E-state index in [1.165, 1.54) is 0 Å². The molecule has 2 saturated heterocycles. The summed E-state index contributed by atoms with van der Waals surface area (Å²) in [7, 11) is -3.22. The quantitative estimate of drug-likeness (QED) is 0.794. The summed E-state index contributed by atoms with van der Waals surface area (Å²) in [6.07, 6.45) is 0.349. The predicted octanol–water partition coefficient (Wildman–Crippen LogP) is 2.01. The number of carbonyl (C=O) groups excluding carboxylic acids is 1. The lowest BCUT2D eigenvalue weighted by Crippen LogP contribution is -2.60. The van der Waals surface area contributed by atoms with Crippen LogP contribution in [-0.4, -0.2) is 60.8 Å². The van der Waals surface area contributed by atoms with Gasteiger partial charge < -0.3 is 4.90 Å². The van der Waals surface area contributed by atoms with E-state index >= 15 is 0 Å². The van der Waals surface area contributed by atoms with Crippen LogP contribution in [-0.2, 0) is 21.2 Å². The molecule has 1 aromatic rings. The molecule has 1 amide bonds. The molecule has 2 aliphatic rings. The first-order valence-corrected chi connectivity index (χ1v) is 10.6. The fraction of sp³-hybridized carbons (Fsp3) is 0.588. The number of hydrogen-bond donors (Lipinski definition) is 0. The largest absolute Gasteiger partial charge is 0.336 e. The van der Waals surface area contributed by atoms with Crippen LogP contribution in [0.25, 0.3) is 0 Å². The molecule has 5 nitrogen and oxygen atoms in total. The molecule has 0 aromatic heterocycles. The Kier molecular flexibility index (Phi) is 5.10. The Labute approximate surface area is 152 Å². The molecule has 138 valence electrons. The molecule has 0 N–H and O–H groups in total. The Morgan fingerprint density at radius 2 is 1.96 bits per heavy atom. The number of fused-ring (bicyclic) bond motifs is 1. The number of carbonyl (C=O) groups is 1. The van der Waals surface area contributed by atoms with E-state index in [0.717, 1.165) is 0 Å². The lowest BCUT2D eigenvalue weighted by atomic mass is 10.0. The van der Waals surface area contributed by atoms with E-state index in [9.17, 15) is 17.6 Å². The van der Waals surface area contributed by atoms with E-state index in [0.29, 0.717) is 35.7 Å². The number of nitrogens with zero attached hydrogens (tertiary/aromatic N) is 2. The molecule has 0 radical (unpaired) electrons. The summed E-state index contributed by atoms with van der Waals surface area (Å²) in [6.45, 7) is 4.66. The predicted molar refractivity (Wildman–Crippen MR) is 94.8 cm³/mol. The van der Waals surface area contributed by atoms with Gasteiger partial charge in [0.05, 0.1) is 17.5 Å². The number of hydrogen-bond acceptors (Lipinski definition) is 4. The van der Waals surface area contributed by atoms with E-state index in [-0.39, 0.29) is 41.9 Å². The van der Waals surface area contributed by atoms with E-state index < -0.39 is 9.84 Å². The van der Waals surface area contributed by atoms with Crippen LogP contribution in [0.5, 0.6) is 0 Å². The van der Waals surface area contributed by atoms with E-state index in [4.69, 9.17) is 11.6 Å². The number of piperazine rings is 1. The van der Waals surface area contributed by atoms with Gasteiger partial charge in [0.25, 0.3) is 0 Å². The van der Waals surface area contributed by atoms with Gasteiger partial charge in [-0.2, -0.15) is 0 Å². The fourth-order valence-electron chi connectivity index (χ4n) is 3.80. The average Bonchev–Trinajstić information content (AvgIpc) is 2.89. The fourth-order valence-corrected chi connectivity index (χ4v) is 6.01. The molecule has 2 heterocycles. The van der Waals surface area contributed by atoms with Crippen molar-refractivity contribution in [3.63, 3.8) is 0 Å². The topological polar surface area (TPSA) is 57.7 Å². The van der Waals surface area contributed by atoms with Crippen LogP contribution in [0.2, 0.25) is 5.02 Å². The van der Waals surface area contributed by atoms with Crippen LogP contribution in [0.4, 0.5) is 4.39 Å². The van der Waals surface area contributed by atoms with E-state index in [1.807, 2.05) is 4.90 Å². The molecule has 25 heavy (non-hydrogen) atoms. The number of rotatable bonds is 3. The second-order valence-corrected chi connectivity index (χ2v) is 9.34. The van der Waals surface area contributed by atoms with Gasteiger partial charge in [0, 0.05) is 42.7 Å². The Morgan fingerprint density at radius 1 is 1.28 bits per heavy atom. The van der Waals surface area contributed by atoms with Gasteiger partial charge in [0.15, 0.2) is 9.84 Å². The first-order valence-electron chi connectivity index (χ1n) is 8.41. The van der Waals surface area contributed by atoms with Crippen LogP contribution in [0.15, 0.2) is 12.1 Å². The number of sulfone groups is 1. The van der Waals surface area contributed by atoms with Crippen LogP contribution >= 0.6 is 11.6 Å². The maximum absolute atomic E-state index is 14.5. The third-order valence-corrected chi connectivity index (χ3v) is 7.21. The molecular weight excluding hydrogens is 367 g/mol. The van der Waals surface area contributed by atoms with Gasteiger partial charge in [-0.25, -0.2) is 12.8 Å². The molecule has 0 saturated carbocycles. The first kappa shape index (κ1) is 18.6. The van der Waals surface area contributed by atoms with Crippen molar-refractivity contribution < 1.29 is 17.6 Å². The number of halogens is 2. The van der Waals surface area contributed by atoms with Crippen molar-refractivity contribution in [2.45, 2.75) is 38.9 Å². The minimum atomic E-state index is -3.22. The summed E-state index contributed by atoms with van der Waals surface area (Å²) in [5.41, 5.74) is 0.898. The lowest BCUT2D eigenvalue weighted by molar-refractivity contribution is -0.136. The van der Waals surface area contributed by atoms with Crippen molar-refractivity contribution >= 4 is 27.3 Å². The maximum Gasteiger partial charge on any atom is 0.222 e. The van der Waals surface area contributed by atoms with Crippen molar-refractivity contribution in [2.24, 2.45) is 0 Å². The third kappa shape index (κ3) is 3.55. The van der Waals surface area contributed by atoms with Crippen molar-refractivity contribution in [1.29, 1.82) is 0 Å². The van der Waals surface area contributed by atoms with Crippen molar-refractivity contribution in [3.05, 3.63) is 34.1 Å². The van der Waals surface area contributed by atoms with Gasteiger partial charge >= 0.3 is 0 Å². The molecule has 0 spiro atoms. The standard InChI is InChI=1S/C17H22ClFN2O3S/c1-3-16(22)21-7-6-20(14-9-25(23,24)10-15(14)21)8-12-13(18)5-4-11(2)17(12)19/h4-5,14-15H,3,6-10H2,1-2H3/t14-,15+/m0/s1. The minimum absolute atomic E-state index is 0.00376. The highest BCUT2D eigenvalue weighted by Gasteiger charge is 2.47. The van der Waals surface area contributed by atoms with Gasteiger partial charge in [-0.3, -0.25) is 9.69 Å². The second kappa shape index (κ2) is 6.85. The summed E-state index contributed by atoms with van der Waals surface area (Å²) >= 11 is 6.17. The minimum Gasteiger partial charge on any atom is -0.336 e. The summed E-state index contributed by atoms with van der Waals surface area (Å²) in [4.78, 5) is 15.8. The summed E-state index contributed by atoms with van der Waals surface area (Å²) in [6, 6.07) is 2.61.